The zero-order chi connectivity index (χ0) is 12.4. The van der Waals surface area contributed by atoms with Crippen LogP contribution in [0.2, 0.25) is 0 Å². The third-order valence-corrected chi connectivity index (χ3v) is 4.36. The Morgan fingerprint density at radius 3 is 2.76 bits per heavy atom. The molecule has 1 aromatic heterocycles. The van der Waals surface area contributed by atoms with Crippen molar-refractivity contribution in [2.45, 2.75) is 23.1 Å². The molecule has 1 aromatic carbocycles. The maximum absolute atomic E-state index is 9.49. The van der Waals surface area contributed by atoms with E-state index in [0.717, 1.165) is 20.1 Å². The summed E-state index contributed by atoms with van der Waals surface area (Å²) in [7, 11) is 1.85. The Kier molecular flexibility index (Phi) is 3.86. The number of rotatable bonds is 3. The summed E-state index contributed by atoms with van der Waals surface area (Å²) in [5, 5.41) is 14.3. The minimum Gasteiger partial charge on any atom is -0.389 e. The van der Waals surface area contributed by atoms with E-state index in [2.05, 4.69) is 26.0 Å². The van der Waals surface area contributed by atoms with Gasteiger partial charge < -0.3 is 5.11 Å². The molecule has 1 atom stereocenters. The van der Waals surface area contributed by atoms with Crippen LogP contribution in [0.25, 0.3) is 0 Å². The van der Waals surface area contributed by atoms with Crippen LogP contribution in [-0.2, 0) is 7.05 Å². The lowest BCUT2D eigenvalue weighted by Crippen LogP contribution is -1.94. The quantitative estimate of drug-likeness (QED) is 0.946. The highest BCUT2D eigenvalue weighted by Crippen LogP contribution is 2.33. The number of hydrogen-bond donors (Lipinski definition) is 1. The van der Waals surface area contributed by atoms with Crippen LogP contribution in [0.1, 0.15) is 18.6 Å². The number of hydrogen-bond acceptors (Lipinski definition) is 4. The van der Waals surface area contributed by atoms with Crippen molar-refractivity contribution in [2.24, 2.45) is 7.05 Å². The molecule has 0 saturated carbocycles. The van der Waals surface area contributed by atoms with E-state index in [1.165, 1.54) is 18.1 Å². The van der Waals surface area contributed by atoms with Gasteiger partial charge in [-0.2, -0.15) is 5.10 Å². The van der Waals surface area contributed by atoms with Gasteiger partial charge in [-0.25, -0.2) is 9.67 Å². The standard InChI is InChI=1S/C11H12BrN3OS/c1-7(16)8-3-4-10(9(12)5-8)17-11-13-6-14-15(11)2/h3-7,16H,1-2H3. The van der Waals surface area contributed by atoms with Crippen molar-refractivity contribution in [3.05, 3.63) is 34.6 Å². The number of benzene rings is 1. The van der Waals surface area contributed by atoms with E-state index in [9.17, 15) is 5.11 Å². The zero-order valence-corrected chi connectivity index (χ0v) is 11.9. The molecule has 1 unspecified atom stereocenters. The molecule has 4 nitrogen and oxygen atoms in total. The minimum absolute atomic E-state index is 0.458. The number of nitrogens with zero attached hydrogens (tertiary/aromatic N) is 3. The summed E-state index contributed by atoms with van der Waals surface area (Å²) in [5.74, 6) is 0. The highest BCUT2D eigenvalue weighted by molar-refractivity contribution is 9.10. The van der Waals surface area contributed by atoms with E-state index in [4.69, 9.17) is 0 Å². The second kappa shape index (κ2) is 5.20. The van der Waals surface area contributed by atoms with Crippen molar-refractivity contribution in [3.8, 4) is 0 Å². The average molecular weight is 314 g/mol. The Morgan fingerprint density at radius 2 is 2.24 bits per heavy atom. The van der Waals surface area contributed by atoms with Crippen molar-refractivity contribution in [1.82, 2.24) is 14.8 Å². The Morgan fingerprint density at radius 1 is 1.47 bits per heavy atom. The lowest BCUT2D eigenvalue weighted by molar-refractivity contribution is 0.199. The molecular weight excluding hydrogens is 302 g/mol. The molecule has 2 aromatic rings. The third kappa shape index (κ3) is 2.88. The van der Waals surface area contributed by atoms with Crippen LogP contribution in [0.4, 0.5) is 0 Å². The monoisotopic (exact) mass is 313 g/mol. The van der Waals surface area contributed by atoms with Crippen molar-refractivity contribution >= 4 is 27.7 Å². The topological polar surface area (TPSA) is 50.9 Å². The summed E-state index contributed by atoms with van der Waals surface area (Å²) in [4.78, 5) is 5.20. The Balaban J connectivity index is 2.26. The van der Waals surface area contributed by atoms with Gasteiger partial charge >= 0.3 is 0 Å². The maximum atomic E-state index is 9.49. The van der Waals surface area contributed by atoms with Crippen LogP contribution in [0.5, 0.6) is 0 Å². The molecule has 6 heteroatoms. The highest BCUT2D eigenvalue weighted by Gasteiger charge is 2.09. The summed E-state index contributed by atoms with van der Waals surface area (Å²) in [6.45, 7) is 1.75. The van der Waals surface area contributed by atoms with Crippen LogP contribution in [0.3, 0.4) is 0 Å². The first kappa shape index (κ1) is 12.6. The second-order valence-electron chi connectivity index (χ2n) is 3.63. The molecule has 0 aliphatic rings. The predicted molar refractivity (Wildman–Crippen MR) is 69.9 cm³/mol. The smallest absolute Gasteiger partial charge is 0.190 e. The molecule has 2 rings (SSSR count). The highest BCUT2D eigenvalue weighted by atomic mass is 79.9. The summed E-state index contributed by atoms with van der Waals surface area (Å²) < 4.78 is 2.67. The van der Waals surface area contributed by atoms with Crippen molar-refractivity contribution < 1.29 is 5.11 Å². The molecule has 0 fully saturated rings. The Bertz CT molecular complexity index is 527. The normalized spacial score (nSPS) is 12.7. The SMILES string of the molecule is CC(O)c1ccc(Sc2ncnn2C)c(Br)c1. The van der Waals surface area contributed by atoms with E-state index < -0.39 is 6.10 Å². The van der Waals surface area contributed by atoms with Crippen LogP contribution in [0.15, 0.2) is 39.1 Å². The lowest BCUT2D eigenvalue weighted by Gasteiger charge is -2.08. The fourth-order valence-corrected chi connectivity index (χ4v) is 2.74. The molecule has 1 N–H and O–H groups in total. The van der Waals surface area contributed by atoms with E-state index in [0.29, 0.717) is 0 Å². The Labute approximate surface area is 112 Å². The van der Waals surface area contributed by atoms with Crippen LogP contribution in [-0.4, -0.2) is 19.9 Å². The van der Waals surface area contributed by atoms with Gasteiger partial charge in [-0.05, 0) is 52.3 Å². The van der Waals surface area contributed by atoms with E-state index >= 15 is 0 Å². The van der Waals surface area contributed by atoms with Gasteiger partial charge in [-0.1, -0.05) is 6.07 Å². The van der Waals surface area contributed by atoms with Gasteiger partial charge in [0.25, 0.3) is 0 Å². The fourth-order valence-electron chi connectivity index (χ4n) is 1.34. The molecule has 1 heterocycles. The van der Waals surface area contributed by atoms with Crippen molar-refractivity contribution in [2.75, 3.05) is 0 Å². The lowest BCUT2D eigenvalue weighted by atomic mass is 10.1. The third-order valence-electron chi connectivity index (χ3n) is 2.31. The number of aliphatic hydroxyl groups excluding tert-OH is 1. The zero-order valence-electron chi connectivity index (χ0n) is 9.46. The minimum atomic E-state index is -0.458. The molecule has 17 heavy (non-hydrogen) atoms. The molecule has 0 bridgehead atoms. The first-order valence-corrected chi connectivity index (χ1v) is 6.68. The van der Waals surface area contributed by atoms with Crippen molar-refractivity contribution in [3.63, 3.8) is 0 Å². The fraction of sp³-hybridized carbons (Fsp3) is 0.273. The molecular formula is C11H12BrN3OS. The Hall–Kier alpha value is -0.850. The van der Waals surface area contributed by atoms with Crippen molar-refractivity contribution in [1.29, 1.82) is 0 Å². The van der Waals surface area contributed by atoms with E-state index in [1.807, 2.05) is 25.2 Å². The van der Waals surface area contributed by atoms with Gasteiger partial charge in [0.05, 0.1) is 6.10 Å². The molecule has 0 aliphatic carbocycles. The molecule has 0 aliphatic heterocycles. The number of aliphatic hydroxyl groups is 1. The maximum Gasteiger partial charge on any atom is 0.190 e. The number of aromatic nitrogens is 3. The van der Waals surface area contributed by atoms with Crippen LogP contribution < -0.4 is 0 Å². The largest absolute Gasteiger partial charge is 0.389 e. The first-order chi connectivity index (χ1) is 8.08. The van der Waals surface area contributed by atoms with Gasteiger partial charge in [-0.15, -0.1) is 0 Å². The van der Waals surface area contributed by atoms with Gasteiger partial charge in [-0.3, -0.25) is 0 Å². The summed E-state index contributed by atoms with van der Waals surface area (Å²) in [6, 6.07) is 5.79. The molecule has 0 saturated heterocycles. The number of halogens is 1. The van der Waals surface area contributed by atoms with E-state index in [1.54, 1.807) is 11.6 Å². The van der Waals surface area contributed by atoms with E-state index in [-0.39, 0.29) is 0 Å². The number of aryl methyl sites for hydroxylation is 1. The average Bonchev–Trinajstić information content (AvgIpc) is 2.67. The first-order valence-electron chi connectivity index (χ1n) is 5.07. The molecule has 0 radical (unpaired) electrons. The van der Waals surface area contributed by atoms with Crippen LogP contribution in [0, 0.1) is 0 Å². The second-order valence-corrected chi connectivity index (χ2v) is 5.50. The summed E-state index contributed by atoms with van der Waals surface area (Å²) >= 11 is 5.03. The van der Waals surface area contributed by atoms with Gasteiger partial charge in [0.15, 0.2) is 5.16 Å². The van der Waals surface area contributed by atoms with Crippen LogP contribution >= 0.6 is 27.7 Å². The summed E-state index contributed by atoms with van der Waals surface area (Å²) in [5.41, 5.74) is 0.888. The van der Waals surface area contributed by atoms with Gasteiger partial charge in [0.1, 0.15) is 6.33 Å². The molecule has 0 amide bonds. The predicted octanol–water partition coefficient (Wildman–Crippen LogP) is 2.78. The molecule has 90 valence electrons. The van der Waals surface area contributed by atoms with Gasteiger partial charge in [0, 0.05) is 16.4 Å². The van der Waals surface area contributed by atoms with Gasteiger partial charge in [0.2, 0.25) is 0 Å². The summed E-state index contributed by atoms with van der Waals surface area (Å²) in [6.07, 6.45) is 1.07. The molecule has 0 spiro atoms.